The molecular weight excluding hydrogens is 118 g/mol. The first-order valence-electron chi connectivity index (χ1n) is 2.56. The molecule has 0 radical (unpaired) electrons. The van der Waals surface area contributed by atoms with E-state index in [1.807, 2.05) is 0 Å². The summed E-state index contributed by atoms with van der Waals surface area (Å²) in [5, 5.41) is 3.74. The second kappa shape index (κ2) is 2.30. The van der Waals surface area contributed by atoms with Gasteiger partial charge in [0, 0.05) is 13.1 Å². The smallest absolute Gasteiger partial charge is 0.236 e. The van der Waals surface area contributed by atoms with E-state index >= 15 is 0 Å². The van der Waals surface area contributed by atoms with Crippen LogP contribution in [-0.4, -0.2) is 15.8 Å². The van der Waals surface area contributed by atoms with Gasteiger partial charge in [0.1, 0.15) is 0 Å². The van der Waals surface area contributed by atoms with E-state index in [0.717, 1.165) is 0 Å². The monoisotopic (exact) mass is 125 g/mol. The molecule has 1 aromatic heterocycles. The lowest BCUT2D eigenvalue weighted by atomic mass is 10.7. The Bertz CT molecular complexity index is 192. The topological polar surface area (TPSA) is 46.9 Å². The zero-order valence-corrected chi connectivity index (χ0v) is 5.03. The van der Waals surface area contributed by atoms with Crippen LogP contribution in [0.1, 0.15) is 6.92 Å². The van der Waals surface area contributed by atoms with Gasteiger partial charge in [-0.3, -0.25) is 4.79 Å². The van der Waals surface area contributed by atoms with Gasteiger partial charge in [-0.1, -0.05) is 0 Å². The average Bonchev–Trinajstić information content (AvgIpc) is 2.15. The molecule has 4 heteroatoms. The van der Waals surface area contributed by atoms with E-state index in [1.54, 1.807) is 18.5 Å². The van der Waals surface area contributed by atoms with Gasteiger partial charge in [0.25, 0.3) is 0 Å². The van der Waals surface area contributed by atoms with Crippen molar-refractivity contribution in [1.29, 1.82) is 0 Å². The number of nitrogens with zero attached hydrogens (tertiary/aromatic N) is 2. The highest BCUT2D eigenvalue weighted by Crippen LogP contribution is 1.77. The summed E-state index contributed by atoms with van der Waals surface area (Å²) >= 11 is 0. The molecule has 0 saturated heterocycles. The van der Waals surface area contributed by atoms with Crippen molar-refractivity contribution in [3.05, 3.63) is 18.5 Å². The van der Waals surface area contributed by atoms with Crippen LogP contribution in [0.5, 0.6) is 0 Å². The highest BCUT2D eigenvalue weighted by atomic mass is 16.2. The number of aromatic nitrogens is 2. The van der Waals surface area contributed by atoms with Gasteiger partial charge in [0.2, 0.25) is 5.91 Å². The molecule has 0 bridgehead atoms. The van der Waals surface area contributed by atoms with Crippen LogP contribution in [0.4, 0.5) is 0 Å². The minimum Gasteiger partial charge on any atom is -0.274 e. The van der Waals surface area contributed by atoms with Crippen molar-refractivity contribution in [3.63, 3.8) is 0 Å². The highest BCUT2D eigenvalue weighted by Gasteiger charge is 1.88. The summed E-state index contributed by atoms with van der Waals surface area (Å²) in [5.74, 6) is -0.126. The standard InChI is InChI=1S/C5H7N3O/c1-5(9)7-8-4-2-3-6-8/h2-4H,1H3,(H,7,9). The fraction of sp³-hybridized carbons (Fsp3) is 0.200. The molecule has 0 fully saturated rings. The fourth-order valence-corrected chi connectivity index (χ4v) is 0.496. The van der Waals surface area contributed by atoms with E-state index in [-0.39, 0.29) is 5.91 Å². The summed E-state index contributed by atoms with van der Waals surface area (Å²) in [7, 11) is 0. The summed E-state index contributed by atoms with van der Waals surface area (Å²) in [6, 6.07) is 1.73. The molecule has 0 saturated carbocycles. The molecule has 0 spiro atoms. The van der Waals surface area contributed by atoms with Crippen LogP contribution in [0.3, 0.4) is 0 Å². The molecule has 1 aromatic rings. The van der Waals surface area contributed by atoms with Crippen LogP contribution < -0.4 is 5.43 Å². The Hall–Kier alpha value is -1.32. The van der Waals surface area contributed by atoms with Gasteiger partial charge in [0.15, 0.2) is 0 Å². The van der Waals surface area contributed by atoms with Crippen molar-refractivity contribution in [3.8, 4) is 0 Å². The maximum absolute atomic E-state index is 10.3. The van der Waals surface area contributed by atoms with Gasteiger partial charge < -0.3 is 0 Å². The van der Waals surface area contributed by atoms with Crippen LogP contribution in [0.25, 0.3) is 0 Å². The molecule has 0 atom stereocenters. The number of hydrogen-bond donors (Lipinski definition) is 1. The third-order valence-electron chi connectivity index (χ3n) is 0.776. The number of hydrogen-bond acceptors (Lipinski definition) is 2. The van der Waals surface area contributed by atoms with Crippen LogP contribution in [0.2, 0.25) is 0 Å². The summed E-state index contributed by atoms with van der Waals surface area (Å²) in [5.41, 5.74) is 2.45. The van der Waals surface area contributed by atoms with Gasteiger partial charge >= 0.3 is 0 Å². The molecule has 1 N–H and O–H groups in total. The molecule has 1 heterocycles. The zero-order valence-electron chi connectivity index (χ0n) is 5.03. The maximum atomic E-state index is 10.3. The molecule has 9 heavy (non-hydrogen) atoms. The fourth-order valence-electron chi connectivity index (χ4n) is 0.496. The largest absolute Gasteiger partial charge is 0.274 e. The Balaban J connectivity index is 2.58. The summed E-state index contributed by atoms with van der Waals surface area (Å²) in [6.45, 7) is 1.43. The van der Waals surface area contributed by atoms with Crippen LogP contribution in [-0.2, 0) is 4.79 Å². The maximum Gasteiger partial charge on any atom is 0.236 e. The van der Waals surface area contributed by atoms with Crippen molar-refractivity contribution >= 4 is 5.91 Å². The first-order chi connectivity index (χ1) is 4.29. The third-order valence-corrected chi connectivity index (χ3v) is 0.776. The minimum atomic E-state index is -0.126. The summed E-state index contributed by atoms with van der Waals surface area (Å²) in [6.07, 6.45) is 3.25. The Morgan fingerprint density at radius 3 is 3.00 bits per heavy atom. The van der Waals surface area contributed by atoms with Crippen molar-refractivity contribution in [1.82, 2.24) is 9.89 Å². The molecule has 1 rings (SSSR count). The number of carbonyl (C=O) groups excluding carboxylic acids is 1. The van der Waals surface area contributed by atoms with E-state index in [9.17, 15) is 4.79 Å². The normalized spacial score (nSPS) is 9.00. The predicted octanol–water partition coefficient (Wildman–Crippen LogP) is -0.0269. The first-order valence-corrected chi connectivity index (χ1v) is 2.56. The number of amides is 1. The second-order valence-electron chi connectivity index (χ2n) is 1.62. The third kappa shape index (κ3) is 1.56. The Morgan fingerprint density at radius 2 is 2.56 bits per heavy atom. The Morgan fingerprint density at radius 1 is 1.78 bits per heavy atom. The number of carbonyl (C=O) groups is 1. The van der Waals surface area contributed by atoms with Crippen LogP contribution >= 0.6 is 0 Å². The quantitative estimate of drug-likeness (QED) is 0.573. The number of rotatable bonds is 1. The SMILES string of the molecule is CC(=O)Nn1cccn1. The molecule has 48 valence electrons. The highest BCUT2D eigenvalue weighted by molar-refractivity contribution is 5.80. The lowest BCUT2D eigenvalue weighted by molar-refractivity contribution is -0.115. The zero-order chi connectivity index (χ0) is 6.69. The van der Waals surface area contributed by atoms with E-state index < -0.39 is 0 Å². The summed E-state index contributed by atoms with van der Waals surface area (Å²) in [4.78, 5) is 11.7. The van der Waals surface area contributed by atoms with Crippen LogP contribution in [0, 0.1) is 0 Å². The van der Waals surface area contributed by atoms with E-state index in [2.05, 4.69) is 10.5 Å². The molecule has 0 unspecified atom stereocenters. The average molecular weight is 125 g/mol. The molecule has 0 aromatic carbocycles. The first kappa shape index (κ1) is 5.81. The molecule has 0 aliphatic heterocycles. The van der Waals surface area contributed by atoms with Gasteiger partial charge in [-0.25, -0.2) is 5.43 Å². The minimum absolute atomic E-state index is 0.126. The van der Waals surface area contributed by atoms with E-state index in [4.69, 9.17) is 0 Å². The molecule has 0 aliphatic rings. The Kier molecular flexibility index (Phi) is 1.48. The van der Waals surface area contributed by atoms with Gasteiger partial charge in [0.05, 0.1) is 6.20 Å². The number of nitrogens with one attached hydrogen (secondary N) is 1. The van der Waals surface area contributed by atoms with Crippen molar-refractivity contribution in [2.45, 2.75) is 6.92 Å². The van der Waals surface area contributed by atoms with Crippen molar-refractivity contribution in [2.75, 3.05) is 5.43 Å². The van der Waals surface area contributed by atoms with Crippen LogP contribution in [0.15, 0.2) is 18.5 Å². The van der Waals surface area contributed by atoms with Gasteiger partial charge in [-0.15, -0.1) is 0 Å². The Labute approximate surface area is 52.5 Å². The second-order valence-corrected chi connectivity index (χ2v) is 1.62. The summed E-state index contributed by atoms with van der Waals surface area (Å²) < 4.78 is 0. The molecule has 4 nitrogen and oxygen atoms in total. The lowest BCUT2D eigenvalue weighted by Gasteiger charge is -1.97. The van der Waals surface area contributed by atoms with Crippen molar-refractivity contribution in [2.24, 2.45) is 0 Å². The van der Waals surface area contributed by atoms with Gasteiger partial charge in [-0.2, -0.15) is 9.89 Å². The van der Waals surface area contributed by atoms with E-state index in [0.29, 0.717) is 0 Å². The molecular formula is C5H7N3O. The molecule has 1 amide bonds. The van der Waals surface area contributed by atoms with Gasteiger partial charge in [-0.05, 0) is 6.07 Å². The predicted molar refractivity (Wildman–Crippen MR) is 32.3 cm³/mol. The van der Waals surface area contributed by atoms with Crippen molar-refractivity contribution < 1.29 is 4.79 Å². The molecule has 0 aliphatic carbocycles. The lowest BCUT2D eigenvalue weighted by Crippen LogP contribution is -2.19. The van der Waals surface area contributed by atoms with E-state index in [1.165, 1.54) is 11.7 Å².